The number of aryl methyl sites for hydroxylation is 2. The number of piperidine rings is 1. The summed E-state index contributed by atoms with van der Waals surface area (Å²) < 4.78 is 15.5. The first-order valence-corrected chi connectivity index (χ1v) is 11.5. The molecule has 0 aliphatic carbocycles. The maximum atomic E-state index is 13.8. The van der Waals surface area contributed by atoms with Crippen molar-refractivity contribution in [3.05, 3.63) is 72.1 Å². The summed E-state index contributed by atoms with van der Waals surface area (Å²) in [5.41, 5.74) is 4.34. The average Bonchev–Trinajstić information content (AvgIpc) is 3.29. The van der Waals surface area contributed by atoms with Gasteiger partial charge in [-0.05, 0) is 67.6 Å². The highest BCUT2D eigenvalue weighted by atomic mass is 19.1. The SMILES string of the molecule is Cc1nc(NC(=O)C(=O)N2CCC(c3ccnc4ccc(F)cc34)CC2)ccc1-c1cnn(C)c1. The molecule has 1 aromatic carbocycles. The third kappa shape index (κ3) is 4.62. The predicted octanol–water partition coefficient (Wildman–Crippen LogP) is 3.82. The Morgan fingerprint density at radius 1 is 1.11 bits per heavy atom. The molecule has 8 nitrogen and oxygen atoms in total. The summed E-state index contributed by atoms with van der Waals surface area (Å²) in [5, 5.41) is 7.59. The number of amides is 2. The summed E-state index contributed by atoms with van der Waals surface area (Å²) in [6, 6.07) is 10.0. The number of hydrogen-bond acceptors (Lipinski definition) is 5. The molecule has 0 bridgehead atoms. The van der Waals surface area contributed by atoms with Gasteiger partial charge in [0.15, 0.2) is 0 Å². The molecule has 4 aromatic rings. The molecule has 3 aromatic heterocycles. The molecule has 178 valence electrons. The third-order valence-corrected chi connectivity index (χ3v) is 6.50. The van der Waals surface area contributed by atoms with Crippen LogP contribution in [-0.2, 0) is 16.6 Å². The molecule has 5 rings (SSSR count). The zero-order valence-electron chi connectivity index (χ0n) is 19.5. The smallest absolute Gasteiger partial charge is 0.315 e. The van der Waals surface area contributed by atoms with Gasteiger partial charge in [-0.2, -0.15) is 5.10 Å². The van der Waals surface area contributed by atoms with Crippen molar-refractivity contribution in [1.29, 1.82) is 0 Å². The zero-order chi connectivity index (χ0) is 24.5. The van der Waals surface area contributed by atoms with E-state index in [1.54, 1.807) is 34.1 Å². The molecule has 2 amide bonds. The van der Waals surface area contributed by atoms with Gasteiger partial charge in [0.2, 0.25) is 0 Å². The van der Waals surface area contributed by atoms with Crippen molar-refractivity contribution in [2.24, 2.45) is 7.05 Å². The maximum Gasteiger partial charge on any atom is 0.315 e. The highest BCUT2D eigenvalue weighted by Gasteiger charge is 2.29. The maximum absolute atomic E-state index is 13.8. The number of nitrogens with one attached hydrogen (secondary N) is 1. The van der Waals surface area contributed by atoms with Crippen LogP contribution in [0.5, 0.6) is 0 Å². The number of rotatable bonds is 3. The fourth-order valence-corrected chi connectivity index (χ4v) is 4.70. The molecule has 1 N–H and O–H groups in total. The molecular weight excluding hydrogens is 447 g/mol. The molecule has 0 spiro atoms. The van der Waals surface area contributed by atoms with E-state index in [-0.39, 0.29) is 11.7 Å². The van der Waals surface area contributed by atoms with Crippen LogP contribution >= 0.6 is 0 Å². The van der Waals surface area contributed by atoms with E-state index in [0.29, 0.717) is 31.7 Å². The van der Waals surface area contributed by atoms with Crippen LogP contribution < -0.4 is 5.32 Å². The van der Waals surface area contributed by atoms with Crippen LogP contribution in [0, 0.1) is 12.7 Å². The van der Waals surface area contributed by atoms with Gasteiger partial charge in [0.1, 0.15) is 11.6 Å². The number of carbonyl (C=O) groups is 2. The van der Waals surface area contributed by atoms with Gasteiger partial charge in [0, 0.05) is 54.7 Å². The molecule has 1 aliphatic rings. The first-order chi connectivity index (χ1) is 16.9. The molecule has 1 aliphatic heterocycles. The second kappa shape index (κ2) is 9.25. The van der Waals surface area contributed by atoms with Crippen molar-refractivity contribution in [3.8, 4) is 11.1 Å². The minimum Gasteiger partial charge on any atom is -0.334 e. The van der Waals surface area contributed by atoms with Crippen LogP contribution in [0.2, 0.25) is 0 Å². The summed E-state index contributed by atoms with van der Waals surface area (Å²) in [7, 11) is 1.84. The Balaban J connectivity index is 1.22. The number of pyridine rings is 2. The van der Waals surface area contributed by atoms with Crippen molar-refractivity contribution in [2.45, 2.75) is 25.7 Å². The van der Waals surface area contributed by atoms with Crippen LogP contribution in [0.25, 0.3) is 22.0 Å². The second-order valence-corrected chi connectivity index (χ2v) is 8.81. The van der Waals surface area contributed by atoms with Gasteiger partial charge in [-0.1, -0.05) is 0 Å². The topological polar surface area (TPSA) is 93.0 Å². The third-order valence-electron chi connectivity index (χ3n) is 6.50. The van der Waals surface area contributed by atoms with E-state index in [9.17, 15) is 14.0 Å². The van der Waals surface area contributed by atoms with E-state index in [1.165, 1.54) is 12.1 Å². The highest BCUT2D eigenvalue weighted by Crippen LogP contribution is 2.33. The van der Waals surface area contributed by atoms with Crippen molar-refractivity contribution in [2.75, 3.05) is 18.4 Å². The van der Waals surface area contributed by atoms with Crippen molar-refractivity contribution >= 4 is 28.5 Å². The summed E-state index contributed by atoms with van der Waals surface area (Å²) in [5.74, 6) is -1.09. The van der Waals surface area contributed by atoms with E-state index in [2.05, 4.69) is 20.4 Å². The number of halogens is 1. The zero-order valence-corrected chi connectivity index (χ0v) is 19.5. The second-order valence-electron chi connectivity index (χ2n) is 8.81. The fraction of sp³-hybridized carbons (Fsp3) is 0.269. The number of nitrogens with zero attached hydrogens (tertiary/aromatic N) is 5. The minimum atomic E-state index is -0.707. The summed E-state index contributed by atoms with van der Waals surface area (Å²) >= 11 is 0. The average molecular weight is 473 g/mol. The Kier molecular flexibility index (Phi) is 5.98. The molecule has 0 saturated carbocycles. The number of aromatic nitrogens is 4. The van der Waals surface area contributed by atoms with Crippen LogP contribution in [0.1, 0.15) is 30.0 Å². The molecule has 4 heterocycles. The lowest BCUT2D eigenvalue weighted by Gasteiger charge is -2.32. The Morgan fingerprint density at radius 2 is 1.91 bits per heavy atom. The number of anilines is 1. The lowest BCUT2D eigenvalue weighted by molar-refractivity contribution is -0.143. The largest absolute Gasteiger partial charge is 0.334 e. The van der Waals surface area contributed by atoms with E-state index in [4.69, 9.17) is 0 Å². The normalized spacial score (nSPS) is 14.3. The molecule has 0 radical (unpaired) electrons. The predicted molar refractivity (Wildman–Crippen MR) is 130 cm³/mol. The number of hydrogen-bond donors (Lipinski definition) is 1. The molecule has 9 heteroatoms. The van der Waals surface area contributed by atoms with E-state index >= 15 is 0 Å². The molecule has 1 fully saturated rings. The quantitative estimate of drug-likeness (QED) is 0.458. The van der Waals surface area contributed by atoms with Gasteiger partial charge in [0.25, 0.3) is 0 Å². The Hall–Kier alpha value is -4.14. The van der Waals surface area contributed by atoms with Crippen LogP contribution in [-0.4, -0.2) is 49.6 Å². The van der Waals surface area contributed by atoms with Crippen LogP contribution in [0.15, 0.2) is 55.0 Å². The molecule has 1 saturated heterocycles. The van der Waals surface area contributed by atoms with E-state index in [1.807, 2.05) is 32.3 Å². The van der Waals surface area contributed by atoms with E-state index in [0.717, 1.165) is 33.3 Å². The van der Waals surface area contributed by atoms with Crippen molar-refractivity contribution in [3.63, 3.8) is 0 Å². The van der Waals surface area contributed by atoms with Gasteiger partial charge in [0.05, 0.1) is 11.7 Å². The van der Waals surface area contributed by atoms with Gasteiger partial charge in [-0.15, -0.1) is 0 Å². The first-order valence-electron chi connectivity index (χ1n) is 11.5. The summed E-state index contributed by atoms with van der Waals surface area (Å²) in [6.45, 7) is 2.74. The molecule has 0 unspecified atom stereocenters. The number of benzene rings is 1. The van der Waals surface area contributed by atoms with Gasteiger partial charge < -0.3 is 10.2 Å². The number of fused-ring (bicyclic) bond motifs is 1. The first kappa shape index (κ1) is 22.6. The highest BCUT2D eigenvalue weighted by molar-refractivity contribution is 6.39. The minimum absolute atomic E-state index is 0.166. The van der Waals surface area contributed by atoms with Crippen molar-refractivity contribution in [1.82, 2.24) is 24.6 Å². The fourth-order valence-electron chi connectivity index (χ4n) is 4.70. The van der Waals surface area contributed by atoms with E-state index < -0.39 is 11.8 Å². The summed E-state index contributed by atoms with van der Waals surface area (Å²) in [4.78, 5) is 35.8. The standard InChI is InChI=1S/C26H25FN6O2/c1-16-20(18-14-29-32(2)15-18)4-6-24(30-16)31-25(34)26(35)33-11-8-17(9-12-33)21-7-10-28-23-5-3-19(27)13-22(21)23/h3-7,10,13-15,17H,8-9,11-12H2,1-2H3,(H,30,31,34). The van der Waals surface area contributed by atoms with Crippen LogP contribution in [0.3, 0.4) is 0 Å². The number of carbonyl (C=O) groups excluding carboxylic acids is 2. The lowest BCUT2D eigenvalue weighted by atomic mass is 9.87. The van der Waals surface area contributed by atoms with Gasteiger partial charge >= 0.3 is 11.8 Å². The van der Waals surface area contributed by atoms with Gasteiger partial charge in [-0.25, -0.2) is 9.37 Å². The van der Waals surface area contributed by atoms with Gasteiger partial charge in [-0.3, -0.25) is 19.3 Å². The summed E-state index contributed by atoms with van der Waals surface area (Å²) in [6.07, 6.45) is 6.74. The van der Waals surface area contributed by atoms with Crippen LogP contribution in [0.4, 0.5) is 10.2 Å². The molecule has 35 heavy (non-hydrogen) atoms. The monoisotopic (exact) mass is 472 g/mol. The Labute approximate surface area is 201 Å². The molecule has 0 atom stereocenters. The van der Waals surface area contributed by atoms with Crippen molar-refractivity contribution < 1.29 is 14.0 Å². The Morgan fingerprint density at radius 3 is 2.63 bits per heavy atom. The molecular formula is C26H25FN6O2. The number of likely N-dealkylation sites (tertiary alicyclic amines) is 1. The lowest BCUT2D eigenvalue weighted by Crippen LogP contribution is -2.44. The Bertz CT molecular complexity index is 1420.